The number of nitrogens with zero attached hydrogens (tertiary/aromatic N) is 5. The molecule has 3 aromatic heterocycles. The smallest absolute Gasteiger partial charge is 0.268 e. The Balaban J connectivity index is 1.79. The van der Waals surface area contributed by atoms with Gasteiger partial charge in [-0.3, -0.25) is 23.8 Å². The minimum Gasteiger partial charge on any atom is -0.350 e. The van der Waals surface area contributed by atoms with Gasteiger partial charge in [-0.2, -0.15) is 0 Å². The van der Waals surface area contributed by atoms with Gasteiger partial charge in [-0.15, -0.1) is 5.10 Å². The van der Waals surface area contributed by atoms with Gasteiger partial charge < -0.3 is 5.32 Å². The van der Waals surface area contributed by atoms with E-state index in [4.69, 9.17) is 0 Å². The van der Waals surface area contributed by atoms with Crippen molar-refractivity contribution in [1.82, 2.24) is 29.9 Å². The molecule has 3 heterocycles. The van der Waals surface area contributed by atoms with E-state index in [0.29, 0.717) is 24.3 Å². The van der Waals surface area contributed by atoms with Gasteiger partial charge in [-0.05, 0) is 37.6 Å². The highest BCUT2D eigenvalue weighted by Crippen LogP contribution is 2.07. The molecule has 128 valence electrons. The van der Waals surface area contributed by atoms with Crippen LogP contribution >= 0.6 is 0 Å². The van der Waals surface area contributed by atoms with E-state index in [9.17, 15) is 9.59 Å². The van der Waals surface area contributed by atoms with Crippen LogP contribution in [0.1, 0.15) is 21.6 Å². The van der Waals surface area contributed by atoms with E-state index >= 15 is 0 Å². The van der Waals surface area contributed by atoms with Crippen LogP contribution in [0.2, 0.25) is 0 Å². The molecule has 8 nitrogen and oxygen atoms in total. The van der Waals surface area contributed by atoms with Crippen LogP contribution in [0.15, 0.2) is 47.8 Å². The fraction of sp³-hybridized carbons (Fsp3) is 0.235. The summed E-state index contributed by atoms with van der Waals surface area (Å²) < 4.78 is 3.05. The summed E-state index contributed by atoms with van der Waals surface area (Å²) in [6, 6.07) is 5.24. The summed E-state index contributed by atoms with van der Waals surface area (Å²) in [5.74, 6) is -0.405. The average Bonchev–Trinajstić information content (AvgIpc) is 3.01. The van der Waals surface area contributed by atoms with Gasteiger partial charge in [0.2, 0.25) is 0 Å². The Kier molecular flexibility index (Phi) is 4.69. The molecule has 1 amide bonds. The molecule has 0 aromatic carbocycles. The summed E-state index contributed by atoms with van der Waals surface area (Å²) in [6.07, 6.45) is 6.63. The third kappa shape index (κ3) is 3.63. The molecule has 0 radical (unpaired) electrons. The lowest BCUT2D eigenvalue weighted by atomic mass is 10.1. The van der Waals surface area contributed by atoms with Gasteiger partial charge >= 0.3 is 0 Å². The molecule has 0 saturated carbocycles. The predicted octanol–water partition coefficient (Wildman–Crippen LogP) is 0.871. The molecule has 0 atom stereocenters. The normalized spacial score (nSPS) is 10.6. The van der Waals surface area contributed by atoms with Gasteiger partial charge in [0, 0.05) is 25.1 Å². The van der Waals surface area contributed by atoms with Gasteiger partial charge in [0.1, 0.15) is 5.56 Å². The first kappa shape index (κ1) is 16.6. The molecule has 0 saturated heterocycles. The Morgan fingerprint density at radius 1 is 1.28 bits per heavy atom. The summed E-state index contributed by atoms with van der Waals surface area (Å²) in [7, 11) is 0. The van der Waals surface area contributed by atoms with Crippen LogP contribution in [-0.4, -0.2) is 37.0 Å². The van der Waals surface area contributed by atoms with Crippen molar-refractivity contribution in [2.45, 2.75) is 20.4 Å². The molecule has 0 fully saturated rings. The van der Waals surface area contributed by atoms with E-state index in [-0.39, 0.29) is 11.1 Å². The molecular weight excluding hydrogens is 320 g/mol. The zero-order chi connectivity index (χ0) is 17.8. The predicted molar refractivity (Wildman–Crippen MR) is 91.7 cm³/mol. The summed E-state index contributed by atoms with van der Waals surface area (Å²) >= 11 is 0. The first-order chi connectivity index (χ1) is 12.1. The number of hydrogen-bond donors (Lipinski definition) is 1. The van der Waals surface area contributed by atoms with Crippen molar-refractivity contribution in [2.75, 3.05) is 6.54 Å². The maximum Gasteiger partial charge on any atom is 0.268 e. The molecule has 0 aliphatic rings. The van der Waals surface area contributed by atoms with Crippen molar-refractivity contribution in [1.29, 1.82) is 0 Å². The Morgan fingerprint density at radius 3 is 2.80 bits per heavy atom. The Hall–Kier alpha value is -3.29. The number of hydrogen-bond acceptors (Lipinski definition) is 5. The summed E-state index contributed by atoms with van der Waals surface area (Å²) in [6.45, 7) is 4.42. The molecule has 25 heavy (non-hydrogen) atoms. The molecule has 3 rings (SSSR count). The van der Waals surface area contributed by atoms with Crippen LogP contribution in [0.5, 0.6) is 0 Å². The minimum atomic E-state index is -0.405. The molecular formula is C17H18N6O2. The summed E-state index contributed by atoms with van der Waals surface area (Å²) in [4.78, 5) is 29.2. The molecule has 0 bridgehead atoms. The van der Waals surface area contributed by atoms with E-state index in [1.165, 1.54) is 4.57 Å². The van der Waals surface area contributed by atoms with E-state index in [1.54, 1.807) is 54.6 Å². The van der Waals surface area contributed by atoms with E-state index in [0.717, 1.165) is 5.69 Å². The average molecular weight is 338 g/mol. The van der Waals surface area contributed by atoms with Crippen molar-refractivity contribution < 1.29 is 4.79 Å². The van der Waals surface area contributed by atoms with Crippen molar-refractivity contribution in [3.63, 3.8) is 0 Å². The third-order valence-corrected chi connectivity index (χ3v) is 3.73. The first-order valence-electron chi connectivity index (χ1n) is 7.84. The van der Waals surface area contributed by atoms with Crippen LogP contribution in [0.25, 0.3) is 5.69 Å². The van der Waals surface area contributed by atoms with Crippen LogP contribution in [0.3, 0.4) is 0 Å². The van der Waals surface area contributed by atoms with E-state index in [1.807, 2.05) is 6.92 Å². The van der Waals surface area contributed by atoms with Gasteiger partial charge in [0.15, 0.2) is 0 Å². The highest BCUT2D eigenvalue weighted by Gasteiger charge is 2.16. The quantitative estimate of drug-likeness (QED) is 0.745. The second kappa shape index (κ2) is 7.08. The fourth-order valence-electron chi connectivity index (χ4n) is 2.48. The van der Waals surface area contributed by atoms with Crippen molar-refractivity contribution in [3.05, 3.63) is 70.2 Å². The lowest BCUT2D eigenvalue weighted by Crippen LogP contribution is -2.35. The largest absolute Gasteiger partial charge is 0.350 e. The number of nitrogens with one attached hydrogen (secondary N) is 1. The highest BCUT2D eigenvalue weighted by atomic mass is 16.2. The fourth-order valence-corrected chi connectivity index (χ4v) is 2.48. The van der Waals surface area contributed by atoms with Gasteiger partial charge in [0.25, 0.3) is 11.5 Å². The number of carbonyl (C=O) groups is 1. The summed E-state index contributed by atoms with van der Waals surface area (Å²) in [5, 5.41) is 10.6. The second-order valence-electron chi connectivity index (χ2n) is 5.64. The van der Waals surface area contributed by atoms with Gasteiger partial charge in [-0.1, -0.05) is 5.21 Å². The molecule has 8 heteroatoms. The lowest BCUT2D eigenvalue weighted by molar-refractivity contribution is 0.0949. The number of amides is 1. The minimum absolute atomic E-state index is 0.126. The zero-order valence-corrected chi connectivity index (χ0v) is 14.0. The van der Waals surface area contributed by atoms with Gasteiger partial charge in [0.05, 0.1) is 24.1 Å². The monoisotopic (exact) mass is 338 g/mol. The number of aryl methyl sites for hydroxylation is 2. The first-order valence-corrected chi connectivity index (χ1v) is 7.84. The van der Waals surface area contributed by atoms with Crippen molar-refractivity contribution in [2.24, 2.45) is 0 Å². The van der Waals surface area contributed by atoms with Crippen molar-refractivity contribution >= 4 is 5.91 Å². The number of aromatic nitrogens is 5. The Morgan fingerprint density at radius 2 is 2.12 bits per heavy atom. The van der Waals surface area contributed by atoms with Crippen LogP contribution < -0.4 is 10.9 Å². The third-order valence-electron chi connectivity index (χ3n) is 3.73. The number of rotatable bonds is 5. The maximum absolute atomic E-state index is 12.7. The zero-order valence-electron chi connectivity index (χ0n) is 14.0. The molecule has 3 aromatic rings. The Bertz CT molecular complexity index is 945. The molecule has 0 aliphatic carbocycles. The highest BCUT2D eigenvalue weighted by molar-refractivity contribution is 5.95. The summed E-state index contributed by atoms with van der Waals surface area (Å²) in [5.41, 5.74) is 1.80. The lowest BCUT2D eigenvalue weighted by Gasteiger charge is -2.11. The maximum atomic E-state index is 12.7. The van der Waals surface area contributed by atoms with Crippen molar-refractivity contribution in [3.8, 4) is 5.69 Å². The number of carbonyl (C=O) groups excluding carboxylic acids is 1. The van der Waals surface area contributed by atoms with E-state index in [2.05, 4.69) is 20.6 Å². The van der Waals surface area contributed by atoms with Crippen LogP contribution in [-0.2, 0) is 6.54 Å². The Labute approximate surface area is 144 Å². The molecule has 1 N–H and O–H groups in total. The van der Waals surface area contributed by atoms with Crippen LogP contribution in [0.4, 0.5) is 0 Å². The standard InChI is InChI=1S/C17H18N6O2/c1-12-5-8-23(14-4-3-6-18-10-14)17(25)15(12)16(24)19-7-9-22-11-13(2)20-21-22/h3-6,8,10-11H,7,9H2,1-2H3,(H,19,24). The SMILES string of the molecule is Cc1cn(CCNC(=O)c2c(C)ccn(-c3cccnc3)c2=O)nn1. The molecule has 0 aliphatic heterocycles. The molecule has 0 spiro atoms. The number of pyridine rings is 2. The molecule has 0 unspecified atom stereocenters. The second-order valence-corrected chi connectivity index (χ2v) is 5.64. The topological polar surface area (TPSA) is 94.7 Å². The van der Waals surface area contributed by atoms with Crippen LogP contribution in [0, 0.1) is 13.8 Å². The van der Waals surface area contributed by atoms with Gasteiger partial charge in [-0.25, -0.2) is 0 Å². The van der Waals surface area contributed by atoms with E-state index < -0.39 is 5.91 Å².